The number of methoxy groups -OCH3 is 1. The predicted molar refractivity (Wildman–Crippen MR) is 96.4 cm³/mol. The predicted octanol–water partition coefficient (Wildman–Crippen LogP) is 4.52. The molecule has 0 aliphatic carbocycles. The number of rotatable bonds is 6. The average molecular weight is 336 g/mol. The number of benzene rings is 2. The molecule has 0 radical (unpaired) electrons. The number of nitrogens with one attached hydrogen (secondary N) is 1. The van der Waals surface area contributed by atoms with Crippen LogP contribution in [0.5, 0.6) is 5.75 Å². The Morgan fingerprint density at radius 3 is 2.40 bits per heavy atom. The van der Waals surface area contributed by atoms with Crippen molar-refractivity contribution in [3.8, 4) is 5.75 Å². The van der Waals surface area contributed by atoms with Gasteiger partial charge in [0, 0.05) is 12.2 Å². The summed E-state index contributed by atoms with van der Waals surface area (Å²) in [5.74, 6) is 1.48. The molecule has 0 aliphatic heterocycles. The molecule has 3 rings (SSSR count). The van der Waals surface area contributed by atoms with Crippen LogP contribution < -0.4 is 10.1 Å². The molecule has 5 heteroatoms. The molecule has 5 nitrogen and oxygen atoms in total. The van der Waals surface area contributed by atoms with E-state index in [0.29, 0.717) is 18.8 Å². The van der Waals surface area contributed by atoms with Crippen molar-refractivity contribution in [2.45, 2.75) is 13.1 Å². The number of hydrogen-bond acceptors (Lipinski definition) is 3. The second-order valence-electron chi connectivity index (χ2n) is 5.58. The van der Waals surface area contributed by atoms with Gasteiger partial charge in [-0.3, -0.25) is 0 Å². The Balaban J connectivity index is 1.73. The molecule has 0 aliphatic rings. The van der Waals surface area contributed by atoms with E-state index in [2.05, 4.69) is 5.32 Å². The van der Waals surface area contributed by atoms with Gasteiger partial charge in [0.2, 0.25) is 0 Å². The van der Waals surface area contributed by atoms with Gasteiger partial charge in [0.05, 0.1) is 19.9 Å². The minimum absolute atomic E-state index is 0.189. The molecular formula is C20H20N2O3. The SMILES string of the molecule is COc1ccc(NC(=O)N(Cc2ccccc2)Cc2ccco2)cc1. The van der Waals surface area contributed by atoms with Crippen LogP contribution in [-0.4, -0.2) is 18.0 Å². The third-order valence-corrected chi connectivity index (χ3v) is 3.77. The highest BCUT2D eigenvalue weighted by Crippen LogP contribution is 2.17. The van der Waals surface area contributed by atoms with E-state index < -0.39 is 0 Å². The zero-order valence-electron chi connectivity index (χ0n) is 14.0. The number of carbonyl (C=O) groups excluding carboxylic acids is 1. The van der Waals surface area contributed by atoms with Gasteiger partial charge >= 0.3 is 6.03 Å². The summed E-state index contributed by atoms with van der Waals surface area (Å²) in [5.41, 5.74) is 1.77. The number of urea groups is 1. The lowest BCUT2D eigenvalue weighted by Gasteiger charge is -2.22. The third-order valence-electron chi connectivity index (χ3n) is 3.77. The maximum Gasteiger partial charge on any atom is 0.322 e. The fourth-order valence-electron chi connectivity index (χ4n) is 2.47. The maximum atomic E-state index is 12.7. The molecule has 0 unspecified atom stereocenters. The van der Waals surface area contributed by atoms with E-state index in [1.54, 1.807) is 18.3 Å². The quantitative estimate of drug-likeness (QED) is 0.720. The lowest BCUT2D eigenvalue weighted by molar-refractivity contribution is 0.201. The first-order valence-corrected chi connectivity index (χ1v) is 8.01. The van der Waals surface area contributed by atoms with Crippen LogP contribution in [-0.2, 0) is 13.1 Å². The fourth-order valence-corrected chi connectivity index (χ4v) is 2.47. The van der Waals surface area contributed by atoms with E-state index >= 15 is 0 Å². The number of nitrogens with zero attached hydrogens (tertiary/aromatic N) is 1. The number of furan rings is 1. The fraction of sp³-hybridized carbons (Fsp3) is 0.150. The van der Waals surface area contributed by atoms with E-state index in [1.165, 1.54) is 0 Å². The van der Waals surface area contributed by atoms with Gasteiger partial charge in [-0.25, -0.2) is 4.79 Å². The average Bonchev–Trinajstić information content (AvgIpc) is 3.16. The van der Waals surface area contributed by atoms with Gasteiger partial charge in [-0.1, -0.05) is 30.3 Å². The van der Waals surface area contributed by atoms with Crippen LogP contribution in [0.25, 0.3) is 0 Å². The summed E-state index contributed by atoms with van der Waals surface area (Å²) in [6.45, 7) is 0.882. The van der Waals surface area contributed by atoms with Gasteiger partial charge in [0.1, 0.15) is 11.5 Å². The zero-order valence-corrected chi connectivity index (χ0v) is 14.0. The molecule has 25 heavy (non-hydrogen) atoms. The van der Waals surface area contributed by atoms with Gasteiger partial charge in [-0.15, -0.1) is 0 Å². The lowest BCUT2D eigenvalue weighted by Crippen LogP contribution is -2.33. The zero-order chi connectivity index (χ0) is 17.5. The Hall–Kier alpha value is -3.21. The first-order valence-electron chi connectivity index (χ1n) is 8.01. The third kappa shape index (κ3) is 4.64. The summed E-state index contributed by atoms with van der Waals surface area (Å²) in [7, 11) is 1.61. The van der Waals surface area contributed by atoms with Crippen LogP contribution in [0.3, 0.4) is 0 Å². The lowest BCUT2D eigenvalue weighted by atomic mass is 10.2. The van der Waals surface area contributed by atoms with Crippen molar-refractivity contribution in [1.29, 1.82) is 0 Å². The van der Waals surface area contributed by atoms with Crippen LogP contribution in [0.15, 0.2) is 77.4 Å². The highest BCUT2D eigenvalue weighted by atomic mass is 16.5. The Morgan fingerprint density at radius 1 is 1.00 bits per heavy atom. The van der Waals surface area contributed by atoms with Crippen LogP contribution in [0.2, 0.25) is 0 Å². The molecule has 0 saturated carbocycles. The molecule has 2 aromatic carbocycles. The Morgan fingerprint density at radius 2 is 1.76 bits per heavy atom. The summed E-state index contributed by atoms with van der Waals surface area (Å²) in [4.78, 5) is 14.4. The number of hydrogen-bond donors (Lipinski definition) is 1. The number of amides is 2. The molecule has 1 heterocycles. The first kappa shape index (κ1) is 16.6. The van der Waals surface area contributed by atoms with Gasteiger partial charge in [-0.05, 0) is 42.0 Å². The molecule has 1 N–H and O–H groups in total. The molecule has 0 bridgehead atoms. The van der Waals surface area contributed by atoms with Crippen molar-refractivity contribution in [2.24, 2.45) is 0 Å². The van der Waals surface area contributed by atoms with Crippen molar-refractivity contribution in [3.05, 3.63) is 84.3 Å². The van der Waals surface area contributed by atoms with Gasteiger partial charge in [0.25, 0.3) is 0 Å². The Kier molecular flexibility index (Phi) is 5.36. The maximum absolute atomic E-state index is 12.7. The first-order chi connectivity index (χ1) is 12.2. The number of ether oxygens (including phenoxy) is 1. The largest absolute Gasteiger partial charge is 0.497 e. The van der Waals surface area contributed by atoms with E-state index in [0.717, 1.165) is 17.1 Å². The molecule has 128 valence electrons. The van der Waals surface area contributed by atoms with Crippen molar-refractivity contribution in [2.75, 3.05) is 12.4 Å². The van der Waals surface area contributed by atoms with E-state index in [4.69, 9.17) is 9.15 Å². The Labute approximate surface area is 146 Å². The van der Waals surface area contributed by atoms with Crippen molar-refractivity contribution in [1.82, 2.24) is 4.90 Å². The highest BCUT2D eigenvalue weighted by Gasteiger charge is 2.16. The van der Waals surface area contributed by atoms with Crippen LogP contribution in [0.4, 0.5) is 10.5 Å². The van der Waals surface area contributed by atoms with E-state index in [9.17, 15) is 4.79 Å². The monoisotopic (exact) mass is 336 g/mol. The summed E-state index contributed by atoms with van der Waals surface area (Å²) < 4.78 is 10.5. The van der Waals surface area contributed by atoms with Crippen LogP contribution in [0.1, 0.15) is 11.3 Å². The van der Waals surface area contributed by atoms with Gasteiger partial charge in [0.15, 0.2) is 0 Å². The topological polar surface area (TPSA) is 54.7 Å². The molecule has 2 amide bonds. The van der Waals surface area contributed by atoms with Gasteiger partial charge < -0.3 is 19.4 Å². The van der Waals surface area contributed by atoms with Crippen molar-refractivity contribution < 1.29 is 13.9 Å². The standard InChI is InChI=1S/C20H20N2O3/c1-24-18-11-9-17(10-12-18)21-20(23)22(15-19-8-5-13-25-19)14-16-6-3-2-4-7-16/h2-13H,14-15H2,1H3,(H,21,23). The molecule has 0 spiro atoms. The molecular weight excluding hydrogens is 316 g/mol. The highest BCUT2D eigenvalue weighted by molar-refractivity contribution is 5.89. The second-order valence-corrected chi connectivity index (χ2v) is 5.58. The molecule has 1 aromatic heterocycles. The summed E-state index contributed by atoms with van der Waals surface area (Å²) >= 11 is 0. The molecule has 0 fully saturated rings. The number of anilines is 1. The normalized spacial score (nSPS) is 10.3. The number of carbonyl (C=O) groups is 1. The summed E-state index contributed by atoms with van der Waals surface area (Å²) in [6, 6.07) is 20.6. The summed E-state index contributed by atoms with van der Waals surface area (Å²) in [6.07, 6.45) is 1.61. The van der Waals surface area contributed by atoms with E-state index in [-0.39, 0.29) is 6.03 Å². The minimum atomic E-state index is -0.189. The second kappa shape index (κ2) is 8.06. The Bertz CT molecular complexity index is 784. The minimum Gasteiger partial charge on any atom is -0.497 e. The smallest absolute Gasteiger partial charge is 0.322 e. The van der Waals surface area contributed by atoms with Crippen molar-refractivity contribution in [3.63, 3.8) is 0 Å². The van der Waals surface area contributed by atoms with Crippen LogP contribution in [0, 0.1) is 0 Å². The molecule has 0 saturated heterocycles. The molecule has 3 aromatic rings. The van der Waals surface area contributed by atoms with Crippen molar-refractivity contribution >= 4 is 11.7 Å². The van der Waals surface area contributed by atoms with Gasteiger partial charge in [-0.2, -0.15) is 0 Å². The van der Waals surface area contributed by atoms with Crippen LogP contribution >= 0.6 is 0 Å². The van der Waals surface area contributed by atoms with E-state index in [1.807, 2.05) is 66.7 Å². The molecule has 0 atom stereocenters. The summed E-state index contributed by atoms with van der Waals surface area (Å²) in [5, 5.41) is 2.92.